The second-order valence-corrected chi connectivity index (χ2v) is 4.05. The minimum atomic E-state index is -0.539. The molecule has 0 fully saturated rings. The molecule has 1 unspecified atom stereocenters. The summed E-state index contributed by atoms with van der Waals surface area (Å²) in [5.74, 6) is 0.434. The Morgan fingerprint density at radius 1 is 1.75 bits per heavy atom. The second-order valence-electron chi connectivity index (χ2n) is 2.48. The average Bonchev–Trinajstić information content (AvgIpc) is 2.34. The first-order valence-corrected chi connectivity index (χ1v) is 4.38. The summed E-state index contributed by atoms with van der Waals surface area (Å²) in [5.41, 5.74) is 0. The fourth-order valence-corrected chi connectivity index (χ4v) is 1.17. The van der Waals surface area contributed by atoms with Gasteiger partial charge in [0.05, 0.1) is 6.07 Å². The summed E-state index contributed by atoms with van der Waals surface area (Å²) in [6.45, 7) is 1.95. The van der Waals surface area contributed by atoms with Gasteiger partial charge in [0.25, 0.3) is 0 Å². The van der Waals surface area contributed by atoms with Crippen molar-refractivity contribution in [2.45, 2.75) is 18.2 Å². The molecule has 0 radical (unpaired) electrons. The largest absolute Gasteiger partial charge is 0.433 e. The molecule has 0 aliphatic heterocycles. The van der Waals surface area contributed by atoms with Crippen LogP contribution >= 0.6 is 15.9 Å². The van der Waals surface area contributed by atoms with Crippen LogP contribution < -0.4 is 0 Å². The van der Waals surface area contributed by atoms with Gasteiger partial charge in [-0.25, -0.2) is 0 Å². The van der Waals surface area contributed by atoms with Crippen molar-refractivity contribution in [1.82, 2.24) is 0 Å². The lowest BCUT2D eigenvalue weighted by Crippen LogP contribution is -1.93. The zero-order valence-electron chi connectivity index (χ0n) is 6.49. The van der Waals surface area contributed by atoms with E-state index in [1.165, 1.54) is 6.07 Å². The van der Waals surface area contributed by atoms with Gasteiger partial charge in [0, 0.05) is 11.2 Å². The summed E-state index contributed by atoms with van der Waals surface area (Å²) in [4.78, 5) is 9.93. The SMILES string of the molecule is CC(Br)Cc1ccc([N+](=O)[O-])o1. The summed E-state index contributed by atoms with van der Waals surface area (Å²) in [5, 5.41) is 10.2. The van der Waals surface area contributed by atoms with Crippen molar-refractivity contribution >= 4 is 21.8 Å². The fourth-order valence-electron chi connectivity index (χ4n) is 0.852. The number of rotatable bonds is 3. The third-order valence-electron chi connectivity index (χ3n) is 1.31. The highest BCUT2D eigenvalue weighted by Crippen LogP contribution is 2.18. The van der Waals surface area contributed by atoms with E-state index < -0.39 is 4.92 Å². The van der Waals surface area contributed by atoms with Gasteiger partial charge in [-0.1, -0.05) is 22.9 Å². The third kappa shape index (κ3) is 2.34. The maximum absolute atomic E-state index is 10.2. The van der Waals surface area contributed by atoms with Crippen molar-refractivity contribution in [3.05, 3.63) is 28.0 Å². The highest BCUT2D eigenvalue weighted by Gasteiger charge is 2.12. The Hall–Kier alpha value is -0.840. The van der Waals surface area contributed by atoms with E-state index in [2.05, 4.69) is 15.9 Å². The van der Waals surface area contributed by atoms with E-state index in [1.54, 1.807) is 6.07 Å². The van der Waals surface area contributed by atoms with Crippen molar-refractivity contribution in [3.8, 4) is 0 Å². The molecule has 0 aliphatic carbocycles. The number of nitrogens with zero attached hydrogens (tertiary/aromatic N) is 1. The Balaban J connectivity index is 2.71. The van der Waals surface area contributed by atoms with E-state index in [9.17, 15) is 10.1 Å². The van der Waals surface area contributed by atoms with Crippen LogP contribution in [0.3, 0.4) is 0 Å². The minimum Gasteiger partial charge on any atom is -0.406 e. The van der Waals surface area contributed by atoms with Gasteiger partial charge in [-0.05, 0) is 6.07 Å². The topological polar surface area (TPSA) is 56.3 Å². The zero-order chi connectivity index (χ0) is 9.14. The molecule has 0 aliphatic rings. The summed E-state index contributed by atoms with van der Waals surface area (Å²) < 4.78 is 4.93. The lowest BCUT2D eigenvalue weighted by atomic mass is 10.3. The molecular formula is C7H8BrNO3. The van der Waals surface area contributed by atoms with Crippen LogP contribution in [-0.2, 0) is 6.42 Å². The summed E-state index contributed by atoms with van der Waals surface area (Å²) in [7, 11) is 0. The van der Waals surface area contributed by atoms with Crippen LogP contribution in [0.25, 0.3) is 0 Å². The van der Waals surface area contributed by atoms with Crippen LogP contribution in [0.5, 0.6) is 0 Å². The number of nitro groups is 1. The smallest absolute Gasteiger partial charge is 0.406 e. The molecule has 12 heavy (non-hydrogen) atoms. The number of alkyl halides is 1. The average molecular weight is 234 g/mol. The Bertz CT molecular complexity index is 282. The quantitative estimate of drug-likeness (QED) is 0.458. The van der Waals surface area contributed by atoms with Crippen molar-refractivity contribution in [1.29, 1.82) is 0 Å². The van der Waals surface area contributed by atoms with E-state index in [-0.39, 0.29) is 10.7 Å². The Kier molecular flexibility index (Phi) is 2.86. The second kappa shape index (κ2) is 3.71. The Morgan fingerprint density at radius 3 is 2.83 bits per heavy atom. The molecule has 1 atom stereocenters. The molecule has 66 valence electrons. The summed E-state index contributed by atoms with van der Waals surface area (Å²) >= 11 is 3.33. The number of furan rings is 1. The van der Waals surface area contributed by atoms with Crippen LogP contribution in [0.4, 0.5) is 5.88 Å². The number of hydrogen-bond acceptors (Lipinski definition) is 3. The first-order valence-electron chi connectivity index (χ1n) is 3.47. The number of halogens is 1. The normalized spacial score (nSPS) is 12.8. The third-order valence-corrected chi connectivity index (χ3v) is 1.63. The molecule has 0 N–H and O–H groups in total. The molecule has 1 heterocycles. The van der Waals surface area contributed by atoms with Gasteiger partial charge in [-0.2, -0.15) is 0 Å². The van der Waals surface area contributed by atoms with Crippen LogP contribution in [0.1, 0.15) is 12.7 Å². The first kappa shape index (κ1) is 9.25. The van der Waals surface area contributed by atoms with Gasteiger partial charge in [0.15, 0.2) is 0 Å². The molecule has 0 saturated heterocycles. The van der Waals surface area contributed by atoms with E-state index >= 15 is 0 Å². The molecule has 4 nitrogen and oxygen atoms in total. The molecule has 5 heteroatoms. The molecular weight excluding hydrogens is 226 g/mol. The molecule has 0 amide bonds. The van der Waals surface area contributed by atoms with Gasteiger partial charge in [0.1, 0.15) is 10.7 Å². The van der Waals surface area contributed by atoms with E-state index in [0.717, 1.165) is 0 Å². The standard InChI is InChI=1S/C7H8BrNO3/c1-5(8)4-6-2-3-7(12-6)9(10)11/h2-3,5H,4H2,1H3. The molecule has 0 spiro atoms. The lowest BCUT2D eigenvalue weighted by Gasteiger charge is -1.96. The van der Waals surface area contributed by atoms with Crippen LogP contribution in [0.2, 0.25) is 0 Å². The van der Waals surface area contributed by atoms with Crippen molar-refractivity contribution in [2.75, 3.05) is 0 Å². The molecule has 1 rings (SSSR count). The van der Waals surface area contributed by atoms with Gasteiger partial charge >= 0.3 is 5.88 Å². The summed E-state index contributed by atoms with van der Waals surface area (Å²) in [6.07, 6.45) is 0.661. The minimum absolute atomic E-state index is 0.196. The molecule has 1 aromatic heterocycles. The van der Waals surface area contributed by atoms with Gasteiger partial charge in [-0.15, -0.1) is 0 Å². The van der Waals surface area contributed by atoms with Crippen molar-refractivity contribution < 1.29 is 9.34 Å². The molecule has 0 aromatic carbocycles. The van der Waals surface area contributed by atoms with Crippen LogP contribution in [0, 0.1) is 10.1 Å². The highest BCUT2D eigenvalue weighted by molar-refractivity contribution is 9.09. The van der Waals surface area contributed by atoms with E-state index in [1.807, 2.05) is 6.92 Å². The Morgan fingerprint density at radius 2 is 2.42 bits per heavy atom. The predicted molar refractivity (Wildman–Crippen MR) is 47.5 cm³/mol. The van der Waals surface area contributed by atoms with E-state index in [4.69, 9.17) is 4.42 Å². The maximum Gasteiger partial charge on any atom is 0.433 e. The van der Waals surface area contributed by atoms with Crippen molar-refractivity contribution in [3.63, 3.8) is 0 Å². The van der Waals surface area contributed by atoms with Gasteiger partial charge in [0.2, 0.25) is 0 Å². The predicted octanol–water partition coefficient (Wildman–Crippen LogP) is 2.51. The maximum atomic E-state index is 10.2. The Labute approximate surface area is 77.8 Å². The lowest BCUT2D eigenvalue weighted by molar-refractivity contribution is -0.402. The van der Waals surface area contributed by atoms with Gasteiger partial charge in [-0.3, -0.25) is 10.1 Å². The van der Waals surface area contributed by atoms with E-state index in [0.29, 0.717) is 12.2 Å². The van der Waals surface area contributed by atoms with Crippen LogP contribution in [0.15, 0.2) is 16.5 Å². The fraction of sp³-hybridized carbons (Fsp3) is 0.429. The molecule has 0 bridgehead atoms. The number of hydrogen-bond donors (Lipinski definition) is 0. The zero-order valence-corrected chi connectivity index (χ0v) is 8.08. The first-order chi connectivity index (χ1) is 5.59. The van der Waals surface area contributed by atoms with Crippen LogP contribution in [-0.4, -0.2) is 9.75 Å². The molecule has 0 saturated carbocycles. The molecule has 1 aromatic rings. The van der Waals surface area contributed by atoms with Gasteiger partial charge < -0.3 is 4.42 Å². The summed E-state index contributed by atoms with van der Waals surface area (Å²) in [6, 6.07) is 2.99. The van der Waals surface area contributed by atoms with Crippen molar-refractivity contribution in [2.24, 2.45) is 0 Å². The monoisotopic (exact) mass is 233 g/mol. The highest BCUT2D eigenvalue weighted by atomic mass is 79.9.